The maximum absolute atomic E-state index is 8.36. The Labute approximate surface area is 118 Å². The molecule has 0 heterocycles. The minimum atomic E-state index is 0.215. The number of nitrogens with one attached hydrogen (secondary N) is 1. The van der Waals surface area contributed by atoms with Gasteiger partial charge in [0.05, 0.1) is 15.7 Å². The third-order valence-corrected chi connectivity index (χ3v) is 3.86. The lowest BCUT2D eigenvalue weighted by atomic mass is 10.2. The SMILES string of the molecule is N/C(CCCNc1ccc(Br)c(Cl)c1Cl)=N/O. The summed E-state index contributed by atoms with van der Waals surface area (Å²) >= 11 is 15.3. The fourth-order valence-corrected chi connectivity index (χ4v) is 2.05. The van der Waals surface area contributed by atoms with Crippen LogP contribution in [-0.4, -0.2) is 17.6 Å². The molecule has 4 N–H and O–H groups in total. The molecule has 0 unspecified atom stereocenters. The summed E-state index contributed by atoms with van der Waals surface area (Å²) in [5.74, 6) is 0.215. The maximum Gasteiger partial charge on any atom is 0.139 e. The van der Waals surface area contributed by atoms with Crippen molar-refractivity contribution in [3.8, 4) is 0 Å². The predicted molar refractivity (Wildman–Crippen MR) is 75.3 cm³/mol. The minimum Gasteiger partial charge on any atom is -0.409 e. The third-order valence-electron chi connectivity index (χ3n) is 2.09. The molecule has 0 aliphatic carbocycles. The Morgan fingerprint density at radius 3 is 2.76 bits per heavy atom. The lowest BCUT2D eigenvalue weighted by molar-refractivity contribution is 0.316. The predicted octanol–water partition coefficient (Wildman–Crippen LogP) is 3.69. The molecule has 1 aromatic rings. The fraction of sp³-hybridized carbons (Fsp3) is 0.300. The number of rotatable bonds is 5. The van der Waals surface area contributed by atoms with E-state index < -0.39 is 0 Å². The quantitative estimate of drug-likeness (QED) is 0.191. The average molecular weight is 341 g/mol. The van der Waals surface area contributed by atoms with E-state index in [4.69, 9.17) is 34.1 Å². The molecule has 4 nitrogen and oxygen atoms in total. The van der Waals surface area contributed by atoms with E-state index in [1.165, 1.54) is 0 Å². The van der Waals surface area contributed by atoms with Crippen LogP contribution >= 0.6 is 39.1 Å². The second-order valence-electron chi connectivity index (χ2n) is 3.34. The number of amidine groups is 1. The second-order valence-corrected chi connectivity index (χ2v) is 4.95. The van der Waals surface area contributed by atoms with Crippen LogP contribution in [0.5, 0.6) is 0 Å². The van der Waals surface area contributed by atoms with Gasteiger partial charge in [0, 0.05) is 17.4 Å². The van der Waals surface area contributed by atoms with Crippen molar-refractivity contribution in [3.05, 3.63) is 26.7 Å². The second kappa shape index (κ2) is 6.93. The van der Waals surface area contributed by atoms with Crippen LogP contribution in [0.4, 0.5) is 5.69 Å². The van der Waals surface area contributed by atoms with E-state index in [0.717, 1.165) is 16.6 Å². The largest absolute Gasteiger partial charge is 0.409 e. The van der Waals surface area contributed by atoms with Crippen LogP contribution < -0.4 is 11.1 Å². The van der Waals surface area contributed by atoms with Crippen molar-refractivity contribution in [2.75, 3.05) is 11.9 Å². The maximum atomic E-state index is 8.36. The summed E-state index contributed by atoms with van der Waals surface area (Å²) in [7, 11) is 0. The van der Waals surface area contributed by atoms with Crippen LogP contribution in [0.2, 0.25) is 10.0 Å². The molecule has 0 spiro atoms. The standard InChI is InChI=1S/C10H12BrCl2N3O/c11-6-3-4-7(10(13)9(6)12)15-5-1-2-8(14)16-17/h3-4,15,17H,1-2,5H2,(H2,14,16). The Morgan fingerprint density at radius 2 is 2.12 bits per heavy atom. The summed E-state index contributed by atoms with van der Waals surface area (Å²) in [4.78, 5) is 0. The Morgan fingerprint density at radius 1 is 1.41 bits per heavy atom. The normalized spacial score (nSPS) is 11.6. The van der Waals surface area contributed by atoms with Gasteiger partial charge in [-0.15, -0.1) is 0 Å². The molecule has 7 heteroatoms. The van der Waals surface area contributed by atoms with Crippen molar-refractivity contribution in [3.63, 3.8) is 0 Å². The van der Waals surface area contributed by atoms with Gasteiger partial charge in [0.25, 0.3) is 0 Å². The number of benzene rings is 1. The number of nitrogens with two attached hydrogens (primary N) is 1. The van der Waals surface area contributed by atoms with Crippen molar-refractivity contribution in [2.45, 2.75) is 12.8 Å². The smallest absolute Gasteiger partial charge is 0.139 e. The first-order chi connectivity index (χ1) is 8.06. The van der Waals surface area contributed by atoms with Gasteiger partial charge in [-0.3, -0.25) is 0 Å². The topological polar surface area (TPSA) is 70.6 Å². The number of halogens is 3. The van der Waals surface area contributed by atoms with E-state index >= 15 is 0 Å². The fourth-order valence-electron chi connectivity index (χ4n) is 1.20. The van der Waals surface area contributed by atoms with E-state index in [1.54, 1.807) is 0 Å². The van der Waals surface area contributed by atoms with Gasteiger partial charge in [-0.05, 0) is 34.5 Å². The van der Waals surface area contributed by atoms with Crippen molar-refractivity contribution in [1.82, 2.24) is 0 Å². The van der Waals surface area contributed by atoms with Crippen molar-refractivity contribution in [1.29, 1.82) is 0 Å². The van der Waals surface area contributed by atoms with Crippen LogP contribution in [0.15, 0.2) is 21.8 Å². The molecule has 0 aromatic heterocycles. The molecule has 0 aliphatic heterocycles. The number of oxime groups is 1. The zero-order valence-electron chi connectivity index (χ0n) is 8.88. The first-order valence-electron chi connectivity index (χ1n) is 4.90. The van der Waals surface area contributed by atoms with Crippen molar-refractivity contribution >= 4 is 50.7 Å². The summed E-state index contributed by atoms with van der Waals surface area (Å²) in [5.41, 5.74) is 6.11. The molecule has 94 valence electrons. The molecule has 1 rings (SSSR count). The number of anilines is 1. The molecule has 0 saturated heterocycles. The molecule has 0 amide bonds. The van der Waals surface area contributed by atoms with E-state index in [9.17, 15) is 0 Å². The van der Waals surface area contributed by atoms with Crippen molar-refractivity contribution in [2.24, 2.45) is 10.9 Å². The van der Waals surface area contributed by atoms with Crippen LogP contribution in [-0.2, 0) is 0 Å². The zero-order chi connectivity index (χ0) is 12.8. The molecule has 0 aliphatic rings. The molecule has 0 saturated carbocycles. The first-order valence-corrected chi connectivity index (χ1v) is 6.45. The highest BCUT2D eigenvalue weighted by molar-refractivity contribution is 9.10. The highest BCUT2D eigenvalue weighted by atomic mass is 79.9. The summed E-state index contributed by atoms with van der Waals surface area (Å²) in [6.45, 7) is 0.661. The Kier molecular flexibility index (Phi) is 5.88. The monoisotopic (exact) mass is 339 g/mol. The summed E-state index contributed by atoms with van der Waals surface area (Å²) in [6.07, 6.45) is 1.26. The van der Waals surface area contributed by atoms with Crippen molar-refractivity contribution < 1.29 is 5.21 Å². The molecule has 17 heavy (non-hydrogen) atoms. The molecule has 0 fully saturated rings. The van der Waals surface area contributed by atoms with Crippen LogP contribution in [0, 0.1) is 0 Å². The number of nitrogens with zero attached hydrogens (tertiary/aromatic N) is 1. The van der Waals surface area contributed by atoms with Gasteiger partial charge in [-0.25, -0.2) is 0 Å². The Bertz CT molecular complexity index is 426. The van der Waals surface area contributed by atoms with Gasteiger partial charge in [-0.2, -0.15) is 0 Å². The van der Waals surface area contributed by atoms with E-state index in [0.29, 0.717) is 23.0 Å². The summed E-state index contributed by atoms with van der Waals surface area (Å²) < 4.78 is 0.756. The van der Waals surface area contributed by atoms with Crippen LogP contribution in [0.3, 0.4) is 0 Å². The van der Waals surface area contributed by atoms with E-state index in [-0.39, 0.29) is 5.84 Å². The van der Waals surface area contributed by atoms with Gasteiger partial charge in [0.2, 0.25) is 0 Å². The average Bonchev–Trinajstić information content (AvgIpc) is 2.33. The van der Waals surface area contributed by atoms with Gasteiger partial charge >= 0.3 is 0 Å². The van der Waals surface area contributed by atoms with E-state index in [1.807, 2.05) is 12.1 Å². The molecule has 1 aromatic carbocycles. The highest BCUT2D eigenvalue weighted by Gasteiger charge is 2.07. The third kappa shape index (κ3) is 4.26. The van der Waals surface area contributed by atoms with Gasteiger partial charge in [-0.1, -0.05) is 28.4 Å². The Hall–Kier alpha value is -0.650. The van der Waals surface area contributed by atoms with Gasteiger partial charge in [0.15, 0.2) is 0 Å². The summed E-state index contributed by atoms with van der Waals surface area (Å²) in [5, 5.41) is 15.3. The van der Waals surface area contributed by atoms with Gasteiger partial charge in [0.1, 0.15) is 5.84 Å². The zero-order valence-corrected chi connectivity index (χ0v) is 12.0. The minimum absolute atomic E-state index is 0.215. The lowest BCUT2D eigenvalue weighted by Gasteiger charge is -2.10. The molecule has 0 radical (unpaired) electrons. The molecular formula is C10H12BrCl2N3O. The summed E-state index contributed by atoms with van der Waals surface area (Å²) in [6, 6.07) is 3.65. The first kappa shape index (κ1) is 14.4. The molecule has 0 bridgehead atoms. The Balaban J connectivity index is 2.50. The van der Waals surface area contributed by atoms with Crippen LogP contribution in [0.25, 0.3) is 0 Å². The van der Waals surface area contributed by atoms with E-state index in [2.05, 4.69) is 26.4 Å². The highest BCUT2D eigenvalue weighted by Crippen LogP contribution is 2.35. The lowest BCUT2D eigenvalue weighted by Crippen LogP contribution is -2.13. The van der Waals surface area contributed by atoms with Gasteiger partial charge < -0.3 is 16.3 Å². The van der Waals surface area contributed by atoms with Crippen LogP contribution in [0.1, 0.15) is 12.8 Å². The molecular weight excluding hydrogens is 329 g/mol. The number of hydrogen-bond acceptors (Lipinski definition) is 3. The molecule has 0 atom stereocenters. The number of hydrogen-bond donors (Lipinski definition) is 3.